The summed E-state index contributed by atoms with van der Waals surface area (Å²) in [5.41, 5.74) is 3.33. The first kappa shape index (κ1) is 15.7. The second-order valence-corrected chi connectivity index (χ2v) is 5.98. The van der Waals surface area contributed by atoms with Gasteiger partial charge >= 0.3 is 5.97 Å². The van der Waals surface area contributed by atoms with Crippen molar-refractivity contribution in [1.82, 2.24) is 9.88 Å². The first-order valence-corrected chi connectivity index (χ1v) is 7.86. The van der Waals surface area contributed by atoms with E-state index in [1.54, 1.807) is 30.2 Å². The number of hydrogen-bond donors (Lipinski definition) is 1. The van der Waals surface area contributed by atoms with Crippen molar-refractivity contribution in [3.05, 3.63) is 40.9 Å². The molecule has 0 aliphatic carbocycles. The Balaban J connectivity index is 2.08. The largest absolute Gasteiger partial charge is 0.480 e. The second kappa shape index (κ2) is 6.83. The fraction of sp³-hybridized carbons (Fsp3) is 0.375. The number of carboxylic acids is 1. The van der Waals surface area contributed by atoms with Gasteiger partial charge in [-0.25, -0.2) is 4.98 Å². The number of rotatable bonds is 6. The number of thiazole rings is 1. The average Bonchev–Trinajstić information content (AvgIpc) is 2.94. The van der Waals surface area contributed by atoms with Crippen LogP contribution in [0.2, 0.25) is 0 Å². The Hall–Kier alpha value is -1.72. The Morgan fingerprint density at radius 2 is 2.05 bits per heavy atom. The third-order valence-corrected chi connectivity index (χ3v) is 4.53. The number of nitrogens with zero attached hydrogens (tertiary/aromatic N) is 2. The monoisotopic (exact) mass is 304 g/mol. The molecule has 1 N–H and O–H groups in total. The predicted molar refractivity (Wildman–Crippen MR) is 85.5 cm³/mol. The van der Waals surface area contributed by atoms with Gasteiger partial charge in [0.05, 0.1) is 5.69 Å². The van der Waals surface area contributed by atoms with Crippen molar-refractivity contribution >= 4 is 17.3 Å². The zero-order valence-corrected chi connectivity index (χ0v) is 13.4. The summed E-state index contributed by atoms with van der Waals surface area (Å²) in [4.78, 5) is 17.3. The molecule has 0 aliphatic heterocycles. The third kappa shape index (κ3) is 3.89. The van der Waals surface area contributed by atoms with Gasteiger partial charge in [0.25, 0.3) is 0 Å². The van der Waals surface area contributed by atoms with Gasteiger partial charge in [-0.1, -0.05) is 31.2 Å². The summed E-state index contributed by atoms with van der Waals surface area (Å²) in [6.45, 7) is 4.35. The van der Waals surface area contributed by atoms with Crippen LogP contribution >= 0.6 is 11.3 Å². The molecule has 0 spiro atoms. The van der Waals surface area contributed by atoms with Crippen LogP contribution in [0.5, 0.6) is 0 Å². The fourth-order valence-corrected chi connectivity index (χ4v) is 2.79. The van der Waals surface area contributed by atoms with Crippen LogP contribution in [0.3, 0.4) is 0 Å². The summed E-state index contributed by atoms with van der Waals surface area (Å²) in [5, 5.41) is 12.0. The van der Waals surface area contributed by atoms with Crippen LogP contribution in [0.4, 0.5) is 0 Å². The fourth-order valence-electron chi connectivity index (χ4n) is 1.98. The Bertz CT molecular complexity index is 607. The average molecular weight is 304 g/mol. The van der Waals surface area contributed by atoms with E-state index in [1.807, 2.05) is 5.38 Å². The lowest BCUT2D eigenvalue weighted by molar-refractivity contribution is -0.142. The molecule has 5 heteroatoms. The minimum Gasteiger partial charge on any atom is -0.480 e. The number of carbonyl (C=O) groups is 1. The first-order chi connectivity index (χ1) is 10.0. The minimum absolute atomic E-state index is 0.515. The van der Waals surface area contributed by atoms with E-state index in [0.717, 1.165) is 22.7 Å². The van der Waals surface area contributed by atoms with E-state index in [-0.39, 0.29) is 0 Å². The lowest BCUT2D eigenvalue weighted by atomic mass is 10.1. The highest BCUT2D eigenvalue weighted by Crippen LogP contribution is 2.24. The Morgan fingerprint density at radius 3 is 2.62 bits per heavy atom. The standard InChI is InChI=1S/C16H20N2O2S/c1-4-12-5-7-13(8-6-12)15-17-14(10-21-15)9-18(3)11(2)16(19)20/h5-8,10-11H,4,9H2,1-3H3,(H,19,20). The number of aliphatic carboxylic acids is 1. The quantitative estimate of drug-likeness (QED) is 0.890. The number of likely N-dealkylation sites (N-methyl/N-ethyl adjacent to an activating group) is 1. The van der Waals surface area contributed by atoms with Crippen LogP contribution in [0, 0.1) is 0 Å². The minimum atomic E-state index is -0.817. The molecule has 1 heterocycles. The molecule has 0 saturated heterocycles. The van der Waals surface area contributed by atoms with E-state index in [1.165, 1.54) is 5.56 Å². The van der Waals surface area contributed by atoms with Gasteiger partial charge in [-0.2, -0.15) is 0 Å². The summed E-state index contributed by atoms with van der Waals surface area (Å²) in [7, 11) is 1.80. The topological polar surface area (TPSA) is 53.4 Å². The summed E-state index contributed by atoms with van der Waals surface area (Å²) >= 11 is 1.59. The van der Waals surface area contributed by atoms with Gasteiger partial charge in [-0.05, 0) is 26.0 Å². The molecule has 0 amide bonds. The highest BCUT2D eigenvalue weighted by Gasteiger charge is 2.17. The number of benzene rings is 1. The van der Waals surface area contributed by atoms with Gasteiger partial charge in [0.2, 0.25) is 0 Å². The molecule has 0 radical (unpaired) electrons. The first-order valence-electron chi connectivity index (χ1n) is 6.98. The van der Waals surface area contributed by atoms with Crippen molar-refractivity contribution in [3.63, 3.8) is 0 Å². The Labute approximate surface area is 129 Å². The smallest absolute Gasteiger partial charge is 0.320 e. The van der Waals surface area contributed by atoms with Gasteiger partial charge in [0.15, 0.2) is 0 Å². The lowest BCUT2D eigenvalue weighted by Crippen LogP contribution is -2.35. The SMILES string of the molecule is CCc1ccc(-c2nc(CN(C)C(C)C(=O)O)cs2)cc1. The van der Waals surface area contributed by atoms with E-state index in [0.29, 0.717) is 6.54 Å². The van der Waals surface area contributed by atoms with Crippen molar-refractivity contribution in [3.8, 4) is 10.6 Å². The maximum absolute atomic E-state index is 11.0. The molecule has 0 fully saturated rings. The highest BCUT2D eigenvalue weighted by molar-refractivity contribution is 7.13. The van der Waals surface area contributed by atoms with Gasteiger partial charge < -0.3 is 5.11 Å². The van der Waals surface area contributed by atoms with Crippen LogP contribution in [0.15, 0.2) is 29.6 Å². The van der Waals surface area contributed by atoms with E-state index in [9.17, 15) is 4.79 Å². The number of aryl methyl sites for hydroxylation is 1. The molecule has 2 aromatic rings. The van der Waals surface area contributed by atoms with Crippen LogP contribution in [0.1, 0.15) is 25.1 Å². The molecule has 1 unspecified atom stereocenters. The van der Waals surface area contributed by atoms with Crippen LogP contribution in [-0.2, 0) is 17.8 Å². The van der Waals surface area contributed by atoms with Crippen LogP contribution in [0.25, 0.3) is 10.6 Å². The van der Waals surface area contributed by atoms with Crippen molar-refractivity contribution < 1.29 is 9.90 Å². The number of carboxylic acid groups (broad SMARTS) is 1. The predicted octanol–water partition coefficient (Wildman–Crippen LogP) is 3.28. The van der Waals surface area contributed by atoms with E-state index >= 15 is 0 Å². The molecule has 2 rings (SSSR count). The third-order valence-electron chi connectivity index (χ3n) is 3.59. The maximum Gasteiger partial charge on any atom is 0.320 e. The second-order valence-electron chi connectivity index (χ2n) is 5.12. The zero-order valence-electron chi connectivity index (χ0n) is 12.5. The van der Waals surface area contributed by atoms with Gasteiger partial charge in [-0.15, -0.1) is 11.3 Å². The Morgan fingerprint density at radius 1 is 1.38 bits per heavy atom. The molecule has 21 heavy (non-hydrogen) atoms. The van der Waals surface area contributed by atoms with Gasteiger partial charge in [0.1, 0.15) is 11.0 Å². The molecule has 0 aliphatic rings. The number of hydrogen-bond acceptors (Lipinski definition) is 4. The molecule has 0 bridgehead atoms. The Kier molecular flexibility index (Phi) is 5.09. The number of aromatic nitrogens is 1. The van der Waals surface area contributed by atoms with Gasteiger partial charge in [-0.3, -0.25) is 9.69 Å². The lowest BCUT2D eigenvalue weighted by Gasteiger charge is -2.19. The molecule has 4 nitrogen and oxygen atoms in total. The normalized spacial score (nSPS) is 12.6. The van der Waals surface area contributed by atoms with Crippen molar-refractivity contribution in [2.24, 2.45) is 0 Å². The van der Waals surface area contributed by atoms with Crippen molar-refractivity contribution in [1.29, 1.82) is 0 Å². The summed E-state index contributed by atoms with van der Waals surface area (Å²) in [6, 6.07) is 7.90. The molecule has 1 aromatic carbocycles. The van der Waals surface area contributed by atoms with Crippen LogP contribution < -0.4 is 0 Å². The summed E-state index contributed by atoms with van der Waals surface area (Å²) < 4.78 is 0. The maximum atomic E-state index is 11.0. The molecular formula is C16H20N2O2S. The molecule has 1 aromatic heterocycles. The van der Waals surface area contributed by atoms with Gasteiger partial charge in [0, 0.05) is 17.5 Å². The molecule has 1 atom stereocenters. The van der Waals surface area contributed by atoms with Crippen molar-refractivity contribution in [2.75, 3.05) is 7.05 Å². The summed E-state index contributed by atoms with van der Waals surface area (Å²) in [5.74, 6) is -0.817. The van der Waals surface area contributed by atoms with E-state index < -0.39 is 12.0 Å². The van der Waals surface area contributed by atoms with Crippen LogP contribution in [-0.4, -0.2) is 34.0 Å². The van der Waals surface area contributed by atoms with E-state index in [2.05, 4.69) is 36.2 Å². The molecule has 112 valence electrons. The summed E-state index contributed by atoms with van der Waals surface area (Å²) in [6.07, 6.45) is 1.03. The highest BCUT2D eigenvalue weighted by atomic mass is 32.1. The van der Waals surface area contributed by atoms with E-state index in [4.69, 9.17) is 5.11 Å². The molecule has 0 saturated carbocycles. The molecular weight excluding hydrogens is 284 g/mol. The van der Waals surface area contributed by atoms with Crippen molar-refractivity contribution in [2.45, 2.75) is 32.9 Å². The zero-order chi connectivity index (χ0) is 15.4.